The molecule has 1 N–H and O–H groups in total. The number of benzene rings is 2. The standard InChI is InChI=1S/C24H19F3O6/c1-15(2)9-11-31-23-21-18(10-12-30-21)13-17(5-8-20(28)29)22(23)32-14-16-3-6-19(7-4-16)33-24(25,26)27/h3-13H,1,14H2,2H3,(H,28,29)/b8-5+,11-9?. The summed E-state index contributed by atoms with van der Waals surface area (Å²) in [4.78, 5) is 11.0. The monoisotopic (exact) mass is 460 g/mol. The zero-order valence-electron chi connectivity index (χ0n) is 17.4. The van der Waals surface area contributed by atoms with E-state index in [0.29, 0.717) is 22.1 Å². The second kappa shape index (κ2) is 9.99. The van der Waals surface area contributed by atoms with Gasteiger partial charge in [0.15, 0.2) is 11.3 Å². The Balaban J connectivity index is 1.95. The Hall–Kier alpha value is -4.14. The third kappa shape index (κ3) is 6.67. The van der Waals surface area contributed by atoms with Crippen molar-refractivity contribution in [1.82, 2.24) is 0 Å². The highest BCUT2D eigenvalue weighted by Crippen LogP contribution is 2.41. The average molecular weight is 460 g/mol. The minimum absolute atomic E-state index is 0.0486. The zero-order valence-corrected chi connectivity index (χ0v) is 17.4. The van der Waals surface area contributed by atoms with Crippen molar-refractivity contribution in [2.45, 2.75) is 19.9 Å². The van der Waals surface area contributed by atoms with E-state index in [1.54, 1.807) is 25.1 Å². The van der Waals surface area contributed by atoms with Gasteiger partial charge in [0.25, 0.3) is 0 Å². The Bertz CT molecular complexity index is 1200. The van der Waals surface area contributed by atoms with Crippen molar-refractivity contribution in [1.29, 1.82) is 0 Å². The Kier molecular flexibility index (Phi) is 7.12. The van der Waals surface area contributed by atoms with Crippen LogP contribution in [0.25, 0.3) is 17.0 Å². The first-order valence-corrected chi connectivity index (χ1v) is 9.54. The summed E-state index contributed by atoms with van der Waals surface area (Å²) in [6, 6.07) is 8.52. The summed E-state index contributed by atoms with van der Waals surface area (Å²) >= 11 is 0. The van der Waals surface area contributed by atoms with Crippen LogP contribution in [-0.2, 0) is 11.4 Å². The summed E-state index contributed by atoms with van der Waals surface area (Å²) in [5.74, 6) is -1.12. The van der Waals surface area contributed by atoms with Crippen molar-refractivity contribution in [3.8, 4) is 17.2 Å². The first-order valence-electron chi connectivity index (χ1n) is 9.54. The van der Waals surface area contributed by atoms with E-state index in [-0.39, 0.29) is 23.9 Å². The van der Waals surface area contributed by atoms with Crippen LogP contribution >= 0.6 is 0 Å². The molecule has 0 amide bonds. The molecular formula is C24H19F3O6. The molecule has 3 aromatic rings. The van der Waals surface area contributed by atoms with Crippen LogP contribution in [0.5, 0.6) is 17.2 Å². The van der Waals surface area contributed by atoms with Gasteiger partial charge < -0.3 is 23.7 Å². The molecule has 33 heavy (non-hydrogen) atoms. The van der Waals surface area contributed by atoms with E-state index in [4.69, 9.17) is 19.0 Å². The molecule has 0 atom stereocenters. The summed E-state index contributed by atoms with van der Waals surface area (Å²) in [5.41, 5.74) is 2.05. The molecule has 0 fully saturated rings. The van der Waals surface area contributed by atoms with Gasteiger partial charge in [-0.15, -0.1) is 13.2 Å². The van der Waals surface area contributed by atoms with Gasteiger partial charge in [0.1, 0.15) is 12.4 Å². The maximum absolute atomic E-state index is 12.4. The Labute approximate surface area is 186 Å². The highest BCUT2D eigenvalue weighted by atomic mass is 19.4. The molecule has 1 aromatic heterocycles. The van der Waals surface area contributed by atoms with Crippen molar-refractivity contribution >= 4 is 23.0 Å². The van der Waals surface area contributed by atoms with Crippen LogP contribution in [0.3, 0.4) is 0 Å². The highest BCUT2D eigenvalue weighted by molar-refractivity contribution is 5.92. The van der Waals surface area contributed by atoms with Gasteiger partial charge in [0, 0.05) is 17.0 Å². The van der Waals surface area contributed by atoms with Crippen molar-refractivity contribution in [2.75, 3.05) is 0 Å². The number of carboxylic acids is 1. The van der Waals surface area contributed by atoms with Crippen LogP contribution in [0.15, 0.2) is 77.6 Å². The van der Waals surface area contributed by atoms with E-state index in [1.165, 1.54) is 42.9 Å². The van der Waals surface area contributed by atoms with Crippen molar-refractivity contribution in [3.05, 3.63) is 84.4 Å². The molecule has 0 aliphatic heterocycles. The minimum Gasteiger partial charge on any atom is -0.484 e. The van der Waals surface area contributed by atoms with Gasteiger partial charge in [-0.2, -0.15) is 0 Å². The minimum atomic E-state index is -4.79. The summed E-state index contributed by atoms with van der Waals surface area (Å²) < 4.78 is 58.1. The lowest BCUT2D eigenvalue weighted by Crippen LogP contribution is -2.17. The summed E-state index contributed by atoms with van der Waals surface area (Å²) in [7, 11) is 0. The Morgan fingerprint density at radius 3 is 2.52 bits per heavy atom. The van der Waals surface area contributed by atoms with Gasteiger partial charge in [-0.3, -0.25) is 0 Å². The van der Waals surface area contributed by atoms with Crippen molar-refractivity contribution < 1.29 is 41.7 Å². The van der Waals surface area contributed by atoms with E-state index < -0.39 is 12.3 Å². The van der Waals surface area contributed by atoms with Gasteiger partial charge in [-0.25, -0.2) is 4.79 Å². The molecule has 0 saturated carbocycles. The van der Waals surface area contributed by atoms with Gasteiger partial charge in [0.2, 0.25) is 5.75 Å². The number of allylic oxidation sites excluding steroid dienone is 2. The number of ether oxygens (including phenoxy) is 3. The summed E-state index contributed by atoms with van der Waals surface area (Å²) in [5, 5.41) is 9.69. The molecule has 1 heterocycles. The van der Waals surface area contributed by atoms with Crippen LogP contribution in [0.1, 0.15) is 18.1 Å². The number of hydrogen-bond acceptors (Lipinski definition) is 5. The van der Waals surface area contributed by atoms with E-state index in [0.717, 1.165) is 11.6 Å². The normalized spacial score (nSPS) is 11.9. The molecule has 2 aromatic carbocycles. The number of halogens is 3. The lowest BCUT2D eigenvalue weighted by atomic mass is 10.1. The SMILES string of the molecule is C=C(C)C=COc1c(OCc2ccc(OC(F)(F)F)cc2)c(/C=C/C(=O)O)cc2ccoc12. The van der Waals surface area contributed by atoms with E-state index >= 15 is 0 Å². The maximum atomic E-state index is 12.4. The molecular weight excluding hydrogens is 441 g/mol. The lowest BCUT2D eigenvalue weighted by molar-refractivity contribution is -0.274. The average Bonchev–Trinajstić information content (AvgIpc) is 3.19. The molecule has 0 unspecified atom stereocenters. The molecule has 0 saturated heterocycles. The summed E-state index contributed by atoms with van der Waals surface area (Å²) in [6.07, 6.45) is 1.97. The topological polar surface area (TPSA) is 78.1 Å². The molecule has 3 rings (SSSR count). The number of furan rings is 1. The quantitative estimate of drug-likeness (QED) is 0.224. The van der Waals surface area contributed by atoms with Crippen LogP contribution < -0.4 is 14.2 Å². The fraction of sp³-hybridized carbons (Fsp3) is 0.125. The molecule has 0 radical (unpaired) electrons. The van der Waals surface area contributed by atoms with Crippen LogP contribution in [-0.4, -0.2) is 17.4 Å². The number of aliphatic carboxylic acids is 1. The maximum Gasteiger partial charge on any atom is 0.573 e. The van der Waals surface area contributed by atoms with Crippen molar-refractivity contribution in [3.63, 3.8) is 0 Å². The molecule has 0 aliphatic rings. The third-order valence-corrected chi connectivity index (χ3v) is 4.17. The Morgan fingerprint density at radius 1 is 1.15 bits per heavy atom. The molecule has 0 bridgehead atoms. The molecule has 172 valence electrons. The van der Waals surface area contributed by atoms with E-state index in [1.807, 2.05) is 0 Å². The Morgan fingerprint density at radius 2 is 1.88 bits per heavy atom. The fourth-order valence-electron chi connectivity index (χ4n) is 2.79. The molecule has 6 nitrogen and oxygen atoms in total. The van der Waals surface area contributed by atoms with Gasteiger partial charge in [-0.05, 0) is 48.9 Å². The predicted molar refractivity (Wildman–Crippen MR) is 115 cm³/mol. The number of rotatable bonds is 9. The fourth-order valence-corrected chi connectivity index (χ4v) is 2.79. The van der Waals surface area contributed by atoms with Crippen LogP contribution in [0.4, 0.5) is 13.2 Å². The third-order valence-electron chi connectivity index (χ3n) is 4.17. The van der Waals surface area contributed by atoms with Crippen LogP contribution in [0, 0.1) is 0 Å². The number of alkyl halides is 3. The number of carboxylic acid groups (broad SMARTS) is 1. The number of carbonyl (C=O) groups is 1. The van der Waals surface area contributed by atoms with Gasteiger partial charge >= 0.3 is 12.3 Å². The second-order valence-corrected chi connectivity index (χ2v) is 6.88. The first kappa shape index (κ1) is 23.5. The number of fused-ring (bicyclic) bond motifs is 1. The van der Waals surface area contributed by atoms with Gasteiger partial charge in [0.05, 0.1) is 12.5 Å². The van der Waals surface area contributed by atoms with E-state index in [2.05, 4.69) is 11.3 Å². The first-order chi connectivity index (χ1) is 15.6. The highest BCUT2D eigenvalue weighted by Gasteiger charge is 2.31. The molecule has 0 aliphatic carbocycles. The van der Waals surface area contributed by atoms with Gasteiger partial charge in [-0.1, -0.05) is 24.3 Å². The largest absolute Gasteiger partial charge is 0.573 e. The number of hydrogen-bond donors (Lipinski definition) is 1. The second-order valence-electron chi connectivity index (χ2n) is 6.88. The van der Waals surface area contributed by atoms with E-state index in [9.17, 15) is 18.0 Å². The van der Waals surface area contributed by atoms with Crippen LogP contribution in [0.2, 0.25) is 0 Å². The predicted octanol–water partition coefficient (Wildman–Crippen LogP) is 6.48. The lowest BCUT2D eigenvalue weighted by Gasteiger charge is -2.15. The smallest absolute Gasteiger partial charge is 0.484 e. The molecule has 9 heteroatoms. The molecule has 0 spiro atoms. The zero-order chi connectivity index (χ0) is 24.0. The van der Waals surface area contributed by atoms with Crippen molar-refractivity contribution in [2.24, 2.45) is 0 Å². The summed E-state index contributed by atoms with van der Waals surface area (Å²) in [6.45, 7) is 5.48.